The van der Waals surface area contributed by atoms with E-state index in [4.69, 9.17) is 9.52 Å². The summed E-state index contributed by atoms with van der Waals surface area (Å²) in [7, 11) is -1.19. The molecule has 1 heterocycles. The van der Waals surface area contributed by atoms with Gasteiger partial charge in [0, 0.05) is 34.2 Å². The smallest absolute Gasteiger partial charge is 0.269 e. The molecule has 1 aromatic heterocycles. The van der Waals surface area contributed by atoms with Crippen molar-refractivity contribution in [3.63, 3.8) is 0 Å². The number of oxazole rings is 1. The van der Waals surface area contributed by atoms with Crippen LogP contribution in [0.3, 0.4) is 0 Å². The Bertz CT molecular complexity index is 623. The number of nitro benzene ring substituents is 1. The van der Waals surface area contributed by atoms with Crippen LogP contribution in [0.4, 0.5) is 5.69 Å². The Balaban J connectivity index is 2.12. The number of non-ortho nitro benzene ring substituents is 1. The van der Waals surface area contributed by atoms with E-state index in [1.165, 1.54) is 18.4 Å². The number of nitro groups is 1. The molecule has 20 heavy (non-hydrogen) atoms. The molecular weight excluding hydrogens is 284 g/mol. The van der Waals surface area contributed by atoms with Gasteiger partial charge in [0.2, 0.25) is 5.89 Å². The van der Waals surface area contributed by atoms with Crippen molar-refractivity contribution < 1.29 is 18.7 Å². The minimum Gasteiger partial charge on any atom is -0.444 e. The van der Waals surface area contributed by atoms with Gasteiger partial charge in [-0.05, 0) is 12.1 Å². The van der Waals surface area contributed by atoms with Crippen LogP contribution in [-0.2, 0) is 16.6 Å². The van der Waals surface area contributed by atoms with Gasteiger partial charge in [-0.25, -0.2) is 4.98 Å². The van der Waals surface area contributed by atoms with E-state index in [0.29, 0.717) is 17.1 Å². The predicted octanol–water partition coefficient (Wildman–Crippen LogP) is 1.49. The number of benzene rings is 1. The van der Waals surface area contributed by atoms with E-state index in [2.05, 4.69) is 4.98 Å². The molecule has 8 heteroatoms. The van der Waals surface area contributed by atoms with E-state index in [-0.39, 0.29) is 23.8 Å². The van der Waals surface area contributed by atoms with Gasteiger partial charge in [0.15, 0.2) is 0 Å². The number of aromatic nitrogens is 1. The van der Waals surface area contributed by atoms with Crippen LogP contribution in [0.1, 0.15) is 5.69 Å². The molecule has 0 radical (unpaired) electrons. The van der Waals surface area contributed by atoms with E-state index in [1.54, 1.807) is 12.1 Å². The van der Waals surface area contributed by atoms with Gasteiger partial charge in [0.25, 0.3) is 5.69 Å². The Morgan fingerprint density at radius 3 is 2.65 bits per heavy atom. The molecule has 1 N–H and O–H groups in total. The van der Waals surface area contributed by atoms with Crippen LogP contribution < -0.4 is 0 Å². The van der Waals surface area contributed by atoms with Crippen LogP contribution in [0.25, 0.3) is 11.5 Å². The molecule has 0 fully saturated rings. The molecule has 0 saturated heterocycles. The van der Waals surface area contributed by atoms with Gasteiger partial charge < -0.3 is 9.52 Å². The zero-order valence-corrected chi connectivity index (χ0v) is 11.2. The van der Waals surface area contributed by atoms with Crippen molar-refractivity contribution >= 4 is 16.5 Å². The summed E-state index contributed by atoms with van der Waals surface area (Å²) in [5, 5.41) is 19.2. The quantitative estimate of drug-likeness (QED) is 0.639. The zero-order valence-electron chi connectivity index (χ0n) is 10.4. The molecule has 0 aliphatic heterocycles. The first-order valence-corrected chi connectivity index (χ1v) is 7.24. The average molecular weight is 296 g/mol. The molecular formula is C12H12N2O5S. The largest absolute Gasteiger partial charge is 0.444 e. The predicted molar refractivity (Wildman–Crippen MR) is 72.4 cm³/mol. The Kier molecular flexibility index (Phi) is 4.59. The average Bonchev–Trinajstić information content (AvgIpc) is 2.87. The van der Waals surface area contributed by atoms with Gasteiger partial charge in [-0.2, -0.15) is 0 Å². The lowest BCUT2D eigenvalue weighted by Gasteiger charge is -1.96. The highest BCUT2D eigenvalue weighted by atomic mass is 32.2. The number of hydrogen-bond donors (Lipinski definition) is 1. The van der Waals surface area contributed by atoms with E-state index >= 15 is 0 Å². The van der Waals surface area contributed by atoms with Crippen molar-refractivity contribution in [2.75, 3.05) is 12.4 Å². The second-order valence-corrected chi connectivity index (χ2v) is 5.54. The van der Waals surface area contributed by atoms with Gasteiger partial charge in [-0.15, -0.1) is 0 Å². The molecule has 7 nitrogen and oxygen atoms in total. The summed E-state index contributed by atoms with van der Waals surface area (Å²) in [4.78, 5) is 14.2. The summed E-state index contributed by atoms with van der Waals surface area (Å²) < 4.78 is 16.7. The minimum atomic E-state index is -1.19. The molecule has 1 aromatic carbocycles. The summed E-state index contributed by atoms with van der Waals surface area (Å²) in [6, 6.07) is 5.81. The molecule has 0 saturated carbocycles. The molecule has 0 amide bonds. The van der Waals surface area contributed by atoms with Crippen molar-refractivity contribution in [2.24, 2.45) is 0 Å². The Morgan fingerprint density at radius 2 is 2.05 bits per heavy atom. The van der Waals surface area contributed by atoms with Gasteiger partial charge >= 0.3 is 0 Å². The third kappa shape index (κ3) is 3.49. The minimum absolute atomic E-state index is 0.00965. The SMILES string of the molecule is O=[N+]([O-])c1ccc(-c2nc(CS(=O)CCO)co2)cc1. The summed E-state index contributed by atoms with van der Waals surface area (Å²) in [6.45, 7) is -0.139. The van der Waals surface area contributed by atoms with Crippen LogP contribution in [0, 0.1) is 10.1 Å². The number of aliphatic hydroxyl groups excluding tert-OH is 1. The number of rotatable bonds is 6. The normalized spacial score (nSPS) is 12.2. The molecule has 0 aliphatic carbocycles. The van der Waals surface area contributed by atoms with E-state index < -0.39 is 15.7 Å². The molecule has 2 rings (SSSR count). The molecule has 0 spiro atoms. The first-order chi connectivity index (χ1) is 9.60. The Morgan fingerprint density at radius 1 is 1.35 bits per heavy atom. The first kappa shape index (κ1) is 14.4. The van der Waals surface area contributed by atoms with E-state index in [0.717, 1.165) is 0 Å². The fraction of sp³-hybridized carbons (Fsp3) is 0.250. The maximum Gasteiger partial charge on any atom is 0.269 e. The molecule has 2 aromatic rings. The van der Waals surface area contributed by atoms with Crippen molar-refractivity contribution in [1.82, 2.24) is 4.98 Å². The van der Waals surface area contributed by atoms with Crippen molar-refractivity contribution in [3.8, 4) is 11.5 Å². The van der Waals surface area contributed by atoms with Crippen LogP contribution >= 0.6 is 0 Å². The lowest BCUT2D eigenvalue weighted by Crippen LogP contribution is -2.04. The summed E-state index contributed by atoms with van der Waals surface area (Å²) in [6.07, 6.45) is 1.39. The number of hydrogen-bond acceptors (Lipinski definition) is 6. The Labute approximate surface area is 116 Å². The van der Waals surface area contributed by atoms with Crippen molar-refractivity contribution in [1.29, 1.82) is 0 Å². The van der Waals surface area contributed by atoms with Crippen LogP contribution in [0.2, 0.25) is 0 Å². The topological polar surface area (TPSA) is 106 Å². The molecule has 106 valence electrons. The molecule has 0 bridgehead atoms. The maximum absolute atomic E-state index is 11.5. The summed E-state index contributed by atoms with van der Waals surface area (Å²) in [5.74, 6) is 0.715. The van der Waals surface area contributed by atoms with Crippen LogP contribution in [-0.4, -0.2) is 31.6 Å². The second-order valence-electron chi connectivity index (χ2n) is 3.96. The zero-order chi connectivity index (χ0) is 14.5. The van der Waals surface area contributed by atoms with Gasteiger partial charge in [-0.1, -0.05) is 0 Å². The fourth-order valence-electron chi connectivity index (χ4n) is 1.57. The van der Waals surface area contributed by atoms with Gasteiger partial charge in [0.05, 0.1) is 23.0 Å². The van der Waals surface area contributed by atoms with Crippen molar-refractivity contribution in [3.05, 3.63) is 46.3 Å². The van der Waals surface area contributed by atoms with Crippen molar-refractivity contribution in [2.45, 2.75) is 5.75 Å². The van der Waals surface area contributed by atoms with Crippen LogP contribution in [0.15, 0.2) is 34.9 Å². The maximum atomic E-state index is 11.5. The second kappa shape index (κ2) is 6.40. The highest BCUT2D eigenvalue weighted by molar-refractivity contribution is 7.84. The molecule has 0 aliphatic rings. The third-order valence-electron chi connectivity index (χ3n) is 2.50. The fourth-order valence-corrected chi connectivity index (χ4v) is 2.38. The van der Waals surface area contributed by atoms with Crippen LogP contribution in [0.5, 0.6) is 0 Å². The lowest BCUT2D eigenvalue weighted by molar-refractivity contribution is -0.384. The highest BCUT2D eigenvalue weighted by Gasteiger charge is 2.11. The Hall–Kier alpha value is -2.06. The monoisotopic (exact) mass is 296 g/mol. The van der Waals surface area contributed by atoms with E-state index in [9.17, 15) is 14.3 Å². The molecule has 1 unspecified atom stereocenters. The first-order valence-electron chi connectivity index (χ1n) is 5.75. The summed E-state index contributed by atoms with van der Waals surface area (Å²) in [5.41, 5.74) is 1.12. The third-order valence-corrected chi connectivity index (χ3v) is 3.76. The number of aliphatic hydroxyl groups is 1. The standard InChI is InChI=1S/C12H12N2O5S/c15-5-6-20(18)8-10-7-19-12(13-10)9-1-3-11(4-2-9)14(16)17/h1-4,7,15H,5-6,8H2. The van der Waals surface area contributed by atoms with Gasteiger partial charge in [0.1, 0.15) is 6.26 Å². The van der Waals surface area contributed by atoms with Gasteiger partial charge in [-0.3, -0.25) is 14.3 Å². The lowest BCUT2D eigenvalue weighted by atomic mass is 10.2. The number of nitrogens with zero attached hydrogens (tertiary/aromatic N) is 2. The molecule has 1 atom stereocenters. The summed E-state index contributed by atoms with van der Waals surface area (Å²) >= 11 is 0. The van der Waals surface area contributed by atoms with E-state index in [1.807, 2.05) is 0 Å². The highest BCUT2D eigenvalue weighted by Crippen LogP contribution is 2.22.